The van der Waals surface area contributed by atoms with Gasteiger partial charge < -0.3 is 19.3 Å². The maximum absolute atomic E-state index is 13.8. The van der Waals surface area contributed by atoms with Crippen LogP contribution in [0.1, 0.15) is 70.9 Å². The first-order valence-electron chi connectivity index (χ1n) is 12.4. The lowest BCUT2D eigenvalue weighted by Gasteiger charge is -2.46. The molecule has 36 heavy (non-hydrogen) atoms. The number of methoxy groups -OCH3 is 1. The summed E-state index contributed by atoms with van der Waals surface area (Å²) in [5.74, 6) is -0.138. The molecule has 0 aliphatic carbocycles. The number of imidazole rings is 1. The molecular weight excluding hydrogens is 454 g/mol. The van der Waals surface area contributed by atoms with Gasteiger partial charge in [0, 0.05) is 17.8 Å². The highest BCUT2D eigenvalue weighted by Gasteiger charge is 2.39. The van der Waals surface area contributed by atoms with E-state index in [4.69, 9.17) is 4.74 Å². The average Bonchev–Trinajstić information content (AvgIpc) is 3.31. The molecule has 2 aromatic carbocycles. The van der Waals surface area contributed by atoms with Gasteiger partial charge in [-0.1, -0.05) is 18.2 Å². The summed E-state index contributed by atoms with van der Waals surface area (Å²) < 4.78 is 7.58. The average molecular weight is 486 g/mol. The van der Waals surface area contributed by atoms with Gasteiger partial charge in [-0.15, -0.1) is 0 Å². The van der Waals surface area contributed by atoms with Crippen LogP contribution in [0, 0.1) is 13.8 Å². The van der Waals surface area contributed by atoms with E-state index in [0.29, 0.717) is 11.3 Å². The van der Waals surface area contributed by atoms with Crippen molar-refractivity contribution in [1.29, 1.82) is 0 Å². The number of aromatic carboxylic acids is 1. The molecule has 3 heterocycles. The van der Waals surface area contributed by atoms with E-state index < -0.39 is 5.97 Å². The molecule has 186 valence electrons. The molecule has 7 heteroatoms. The van der Waals surface area contributed by atoms with E-state index in [1.165, 1.54) is 0 Å². The fourth-order valence-electron chi connectivity index (χ4n) is 5.61. The fraction of sp³-hybridized carbons (Fsp3) is 0.345. The molecule has 0 unspecified atom stereocenters. The number of rotatable bonds is 5. The topological polar surface area (TPSA) is 84.7 Å². The van der Waals surface area contributed by atoms with Crippen molar-refractivity contribution < 1.29 is 19.4 Å². The summed E-state index contributed by atoms with van der Waals surface area (Å²) >= 11 is 0. The first-order chi connectivity index (χ1) is 17.4. The summed E-state index contributed by atoms with van der Waals surface area (Å²) in [6, 6.07) is 11.6. The Morgan fingerprint density at radius 3 is 2.67 bits per heavy atom. The molecule has 1 aromatic heterocycles. The number of hydrogen-bond donors (Lipinski definition) is 1. The van der Waals surface area contributed by atoms with Gasteiger partial charge in [0.25, 0.3) is 5.91 Å². The number of aromatic nitrogens is 2. The molecule has 7 nitrogen and oxygen atoms in total. The van der Waals surface area contributed by atoms with Crippen molar-refractivity contribution >= 4 is 18.0 Å². The highest BCUT2D eigenvalue weighted by Crippen LogP contribution is 2.41. The van der Waals surface area contributed by atoms with Crippen molar-refractivity contribution in [1.82, 2.24) is 14.5 Å². The third-order valence-corrected chi connectivity index (χ3v) is 7.40. The zero-order valence-corrected chi connectivity index (χ0v) is 20.9. The minimum absolute atomic E-state index is 0.0390. The fourth-order valence-corrected chi connectivity index (χ4v) is 5.61. The molecule has 0 saturated carbocycles. The number of ether oxygens (including phenoxy) is 1. The van der Waals surface area contributed by atoms with E-state index in [1.54, 1.807) is 19.5 Å². The minimum atomic E-state index is -0.926. The van der Waals surface area contributed by atoms with Gasteiger partial charge in [0.2, 0.25) is 0 Å². The third-order valence-electron chi connectivity index (χ3n) is 7.40. The molecule has 2 aliphatic heterocycles. The second-order valence-corrected chi connectivity index (χ2v) is 9.75. The molecule has 2 fully saturated rings. The number of carboxylic acid groups (broad SMARTS) is 1. The molecule has 0 bridgehead atoms. The van der Waals surface area contributed by atoms with Crippen LogP contribution in [-0.4, -0.2) is 44.6 Å². The summed E-state index contributed by atoms with van der Waals surface area (Å²) in [4.78, 5) is 31.6. The van der Waals surface area contributed by atoms with Crippen molar-refractivity contribution in [3.8, 4) is 11.4 Å². The summed E-state index contributed by atoms with van der Waals surface area (Å²) in [5, 5.41) is 9.41. The first-order valence-corrected chi connectivity index (χ1v) is 12.4. The molecule has 2 saturated heterocycles. The van der Waals surface area contributed by atoms with Gasteiger partial charge >= 0.3 is 5.97 Å². The van der Waals surface area contributed by atoms with Gasteiger partial charge in [0.1, 0.15) is 5.75 Å². The van der Waals surface area contributed by atoms with E-state index in [0.717, 1.165) is 65.7 Å². The summed E-state index contributed by atoms with van der Waals surface area (Å²) in [6.45, 7) is 3.76. The van der Waals surface area contributed by atoms with Crippen LogP contribution in [0.15, 0.2) is 54.5 Å². The number of carbonyl (C=O) groups is 2. The minimum Gasteiger partial charge on any atom is -0.495 e. The third kappa shape index (κ3) is 4.41. The molecule has 2 atom stereocenters. The van der Waals surface area contributed by atoms with Crippen LogP contribution < -0.4 is 4.74 Å². The second-order valence-electron chi connectivity index (χ2n) is 9.75. The Bertz CT molecular complexity index is 1360. The number of amides is 1. The number of aryl methyl sites for hydroxylation is 2. The maximum atomic E-state index is 13.8. The standard InChI is InChI=1S/C29H31N3O4/c1-18-13-21(9-11-24(18)29(34)35)25-6-4-5-23-10-8-22(28(33)32(23)25)14-20-7-12-26(27(15-20)36-3)31-16-19(2)30-17-31/h7,9,11-17,23,25H,4-6,8,10H2,1-3H3,(H,34,35)/t23-,25+/m1/s1. The number of piperidine rings is 2. The van der Waals surface area contributed by atoms with Crippen molar-refractivity contribution in [3.63, 3.8) is 0 Å². The van der Waals surface area contributed by atoms with Crippen LogP contribution in [0.2, 0.25) is 0 Å². The lowest BCUT2D eigenvalue weighted by Crippen LogP contribution is -2.49. The largest absolute Gasteiger partial charge is 0.495 e. The number of carbonyl (C=O) groups excluding carboxylic acids is 1. The maximum Gasteiger partial charge on any atom is 0.335 e. The Labute approximate surface area is 211 Å². The zero-order valence-electron chi connectivity index (χ0n) is 20.9. The van der Waals surface area contributed by atoms with Crippen LogP contribution in [0.3, 0.4) is 0 Å². The molecule has 0 radical (unpaired) electrons. The normalized spacial score (nSPS) is 20.9. The SMILES string of the molecule is COc1cc(C=C2CC[C@H]3CCC[C@@H](c4ccc(C(=O)O)c(C)c4)N3C2=O)ccc1-n1cnc(C)c1. The molecule has 3 aromatic rings. The van der Waals surface area contributed by atoms with Crippen LogP contribution in [-0.2, 0) is 4.79 Å². The number of nitrogens with zero attached hydrogens (tertiary/aromatic N) is 3. The van der Waals surface area contributed by atoms with Crippen LogP contribution in [0.4, 0.5) is 0 Å². The van der Waals surface area contributed by atoms with Crippen molar-refractivity contribution in [2.45, 2.75) is 58.0 Å². The second kappa shape index (κ2) is 9.64. The highest BCUT2D eigenvalue weighted by molar-refractivity contribution is 5.99. The van der Waals surface area contributed by atoms with E-state index >= 15 is 0 Å². The number of carboxylic acids is 1. The lowest BCUT2D eigenvalue weighted by molar-refractivity contribution is -0.136. The van der Waals surface area contributed by atoms with Crippen LogP contribution >= 0.6 is 0 Å². The molecule has 1 N–H and O–H groups in total. The van der Waals surface area contributed by atoms with E-state index in [-0.39, 0.29) is 18.0 Å². The number of hydrogen-bond acceptors (Lipinski definition) is 4. The first kappa shape index (κ1) is 23.9. The molecular formula is C29H31N3O4. The lowest BCUT2D eigenvalue weighted by atomic mass is 9.83. The van der Waals surface area contributed by atoms with Crippen LogP contribution in [0.5, 0.6) is 5.75 Å². The van der Waals surface area contributed by atoms with Gasteiger partial charge in [-0.2, -0.15) is 0 Å². The van der Waals surface area contributed by atoms with E-state index in [9.17, 15) is 14.7 Å². The summed E-state index contributed by atoms with van der Waals surface area (Å²) in [7, 11) is 1.64. The number of benzene rings is 2. The van der Waals surface area contributed by atoms with Crippen LogP contribution in [0.25, 0.3) is 11.8 Å². The monoisotopic (exact) mass is 485 g/mol. The predicted molar refractivity (Wildman–Crippen MR) is 137 cm³/mol. The van der Waals surface area contributed by atoms with Crippen molar-refractivity contribution in [3.05, 3.63) is 82.4 Å². The van der Waals surface area contributed by atoms with Gasteiger partial charge in [-0.25, -0.2) is 9.78 Å². The molecule has 0 spiro atoms. The summed E-state index contributed by atoms with van der Waals surface area (Å²) in [5.41, 5.74) is 5.58. The zero-order chi connectivity index (χ0) is 25.4. The quantitative estimate of drug-likeness (QED) is 0.483. The molecule has 5 rings (SSSR count). The smallest absolute Gasteiger partial charge is 0.335 e. The molecule has 1 amide bonds. The van der Waals surface area contributed by atoms with Gasteiger partial charge in [0.15, 0.2) is 0 Å². The van der Waals surface area contributed by atoms with Gasteiger partial charge in [-0.3, -0.25) is 4.79 Å². The Balaban J connectivity index is 1.44. The predicted octanol–water partition coefficient (Wildman–Crippen LogP) is 5.50. The Hall–Kier alpha value is -3.87. The summed E-state index contributed by atoms with van der Waals surface area (Å²) in [6.07, 6.45) is 10.3. The van der Waals surface area contributed by atoms with Gasteiger partial charge in [-0.05, 0) is 86.9 Å². The Morgan fingerprint density at radius 1 is 1.14 bits per heavy atom. The van der Waals surface area contributed by atoms with Crippen molar-refractivity contribution in [2.24, 2.45) is 0 Å². The van der Waals surface area contributed by atoms with Gasteiger partial charge in [0.05, 0.1) is 36.4 Å². The van der Waals surface area contributed by atoms with Crippen molar-refractivity contribution in [2.75, 3.05) is 7.11 Å². The molecule has 2 aliphatic rings. The van der Waals surface area contributed by atoms with E-state index in [1.807, 2.05) is 65.9 Å². The Morgan fingerprint density at radius 2 is 1.97 bits per heavy atom. The highest BCUT2D eigenvalue weighted by atomic mass is 16.5. The number of fused-ring (bicyclic) bond motifs is 1. The van der Waals surface area contributed by atoms with E-state index in [2.05, 4.69) is 4.98 Å². The Kier molecular flexibility index (Phi) is 6.39.